The maximum Gasteiger partial charge on any atom is 0.270 e. The SMILES string of the molecule is CC(C)Cc1ccccc1C(CC(C)C)(Oc1ccccc1)[N+](C)(C)CCOc1ccccc1.[Cl-]. The van der Waals surface area contributed by atoms with Crippen molar-refractivity contribution in [2.75, 3.05) is 27.2 Å². The van der Waals surface area contributed by atoms with Crippen molar-refractivity contribution in [2.24, 2.45) is 11.8 Å². The number of rotatable bonds is 12. The number of halogens is 1. The molecule has 0 aliphatic rings. The number of hydrogen-bond donors (Lipinski definition) is 0. The quantitative estimate of drug-likeness (QED) is 0.275. The highest BCUT2D eigenvalue weighted by molar-refractivity contribution is 5.34. The van der Waals surface area contributed by atoms with Crippen LogP contribution in [0, 0.1) is 11.8 Å². The molecule has 0 saturated heterocycles. The van der Waals surface area contributed by atoms with Gasteiger partial charge in [0.1, 0.15) is 24.7 Å². The number of nitrogens with zero attached hydrogens (tertiary/aromatic N) is 1. The smallest absolute Gasteiger partial charge is 0.270 e. The first-order valence-electron chi connectivity index (χ1n) is 12.6. The molecule has 1 atom stereocenters. The van der Waals surface area contributed by atoms with Gasteiger partial charge in [0.25, 0.3) is 5.72 Å². The van der Waals surface area contributed by atoms with Crippen molar-refractivity contribution in [3.05, 3.63) is 96.1 Å². The Labute approximate surface area is 219 Å². The Balaban J connectivity index is 0.00000432. The zero-order valence-corrected chi connectivity index (χ0v) is 23.0. The van der Waals surface area contributed by atoms with Gasteiger partial charge in [-0.05, 0) is 54.2 Å². The molecule has 0 aromatic heterocycles. The highest BCUT2D eigenvalue weighted by atomic mass is 35.5. The third-order valence-electron chi connectivity index (χ3n) is 6.42. The van der Waals surface area contributed by atoms with E-state index >= 15 is 0 Å². The molecule has 1 unspecified atom stereocenters. The molecule has 0 aliphatic carbocycles. The van der Waals surface area contributed by atoms with Gasteiger partial charge in [0.2, 0.25) is 0 Å². The standard InChI is InChI=1S/C31H42NO2.ClH/c1-25(2)23-27-15-13-14-20-30(27)31(24-26(3)4,34-29-18-11-8-12-19-29)32(5,6)21-22-33-28-16-9-7-10-17-28;/h7-20,25-26H,21-24H2,1-6H3;1H/q+1;/p-1. The Hall–Kier alpha value is -2.49. The summed E-state index contributed by atoms with van der Waals surface area (Å²) in [7, 11) is 4.57. The molecule has 0 spiro atoms. The molecule has 0 fully saturated rings. The van der Waals surface area contributed by atoms with Gasteiger partial charge in [-0.25, -0.2) is 0 Å². The van der Waals surface area contributed by atoms with Crippen molar-refractivity contribution in [2.45, 2.75) is 46.3 Å². The van der Waals surface area contributed by atoms with Crippen LogP contribution >= 0.6 is 0 Å². The summed E-state index contributed by atoms with van der Waals surface area (Å²) in [6.07, 6.45) is 1.92. The van der Waals surface area contributed by atoms with E-state index in [0.29, 0.717) is 22.9 Å². The molecule has 35 heavy (non-hydrogen) atoms. The number of benzene rings is 3. The average molecular weight is 496 g/mol. The van der Waals surface area contributed by atoms with Gasteiger partial charge in [-0.15, -0.1) is 0 Å². The zero-order chi connectivity index (χ0) is 24.6. The van der Waals surface area contributed by atoms with Crippen molar-refractivity contribution in [1.82, 2.24) is 0 Å². The van der Waals surface area contributed by atoms with Crippen LogP contribution in [0.25, 0.3) is 0 Å². The lowest BCUT2D eigenvalue weighted by atomic mass is 9.84. The monoisotopic (exact) mass is 495 g/mol. The zero-order valence-electron chi connectivity index (χ0n) is 22.2. The number of ether oxygens (including phenoxy) is 2. The molecule has 4 heteroatoms. The van der Waals surface area contributed by atoms with E-state index in [-0.39, 0.29) is 12.4 Å². The number of hydrogen-bond acceptors (Lipinski definition) is 2. The summed E-state index contributed by atoms with van der Waals surface area (Å²) in [4.78, 5) is 0. The van der Waals surface area contributed by atoms with Gasteiger partial charge in [-0.3, -0.25) is 4.48 Å². The second kappa shape index (κ2) is 13.0. The van der Waals surface area contributed by atoms with Crippen LogP contribution in [0.1, 0.15) is 45.2 Å². The maximum atomic E-state index is 7.11. The molecular weight excluding hydrogens is 454 g/mol. The Morgan fingerprint density at radius 3 is 1.83 bits per heavy atom. The van der Waals surface area contributed by atoms with E-state index in [4.69, 9.17) is 9.47 Å². The second-order valence-electron chi connectivity index (χ2n) is 10.6. The molecule has 3 aromatic rings. The first kappa shape index (κ1) is 28.7. The van der Waals surface area contributed by atoms with E-state index in [1.54, 1.807) is 0 Å². The minimum Gasteiger partial charge on any atom is -1.00 e. The minimum absolute atomic E-state index is 0. The topological polar surface area (TPSA) is 18.5 Å². The lowest BCUT2D eigenvalue weighted by Crippen LogP contribution is -3.00. The first-order valence-corrected chi connectivity index (χ1v) is 12.6. The fourth-order valence-electron chi connectivity index (χ4n) is 4.75. The largest absolute Gasteiger partial charge is 1.00 e. The minimum atomic E-state index is -0.555. The molecule has 0 N–H and O–H groups in total. The normalized spacial score (nSPS) is 13.3. The molecular formula is C31H42ClNO2. The summed E-state index contributed by atoms with van der Waals surface area (Å²) in [5.74, 6) is 2.81. The third kappa shape index (κ3) is 7.49. The van der Waals surface area contributed by atoms with Crippen LogP contribution in [0.3, 0.4) is 0 Å². The van der Waals surface area contributed by atoms with Crippen LogP contribution in [0.4, 0.5) is 0 Å². The summed E-state index contributed by atoms with van der Waals surface area (Å²) in [5.41, 5.74) is 2.09. The Bertz CT molecular complexity index is 1000. The first-order chi connectivity index (χ1) is 16.2. The fourth-order valence-corrected chi connectivity index (χ4v) is 4.75. The highest BCUT2D eigenvalue weighted by Gasteiger charge is 2.51. The summed E-state index contributed by atoms with van der Waals surface area (Å²) in [6.45, 7) is 10.6. The Morgan fingerprint density at radius 1 is 0.714 bits per heavy atom. The molecule has 0 saturated carbocycles. The van der Waals surface area contributed by atoms with E-state index in [1.807, 2.05) is 48.5 Å². The van der Waals surface area contributed by atoms with E-state index in [9.17, 15) is 0 Å². The molecule has 3 rings (SSSR count). The van der Waals surface area contributed by atoms with Crippen molar-refractivity contribution in [3.63, 3.8) is 0 Å². The Kier molecular flexibility index (Phi) is 10.7. The number of quaternary nitrogens is 1. The predicted molar refractivity (Wildman–Crippen MR) is 142 cm³/mol. The number of likely N-dealkylation sites (N-methyl/N-ethyl adjacent to an activating group) is 1. The van der Waals surface area contributed by atoms with Gasteiger partial charge in [0.05, 0.1) is 19.7 Å². The molecule has 3 nitrogen and oxygen atoms in total. The predicted octanol–water partition coefficient (Wildman–Crippen LogP) is 4.32. The molecule has 3 aromatic carbocycles. The van der Waals surface area contributed by atoms with Crippen LogP contribution < -0.4 is 21.9 Å². The van der Waals surface area contributed by atoms with Crippen LogP contribution in [0.5, 0.6) is 11.5 Å². The Morgan fingerprint density at radius 2 is 1.26 bits per heavy atom. The van der Waals surface area contributed by atoms with Crippen LogP contribution in [-0.2, 0) is 12.1 Å². The summed E-state index contributed by atoms with van der Waals surface area (Å²) in [6, 6.07) is 29.2. The molecule has 190 valence electrons. The number of para-hydroxylation sites is 2. The van der Waals surface area contributed by atoms with E-state index in [0.717, 1.165) is 30.9 Å². The van der Waals surface area contributed by atoms with E-state index < -0.39 is 5.72 Å². The van der Waals surface area contributed by atoms with Gasteiger partial charge in [-0.1, -0.05) is 82.3 Å². The summed E-state index contributed by atoms with van der Waals surface area (Å²) >= 11 is 0. The lowest BCUT2D eigenvalue weighted by Gasteiger charge is -2.49. The lowest BCUT2D eigenvalue weighted by molar-refractivity contribution is -0.973. The van der Waals surface area contributed by atoms with Gasteiger partial charge in [0, 0.05) is 6.42 Å². The van der Waals surface area contributed by atoms with Crippen molar-refractivity contribution in [3.8, 4) is 11.5 Å². The molecule has 0 aliphatic heterocycles. The molecule has 0 amide bonds. The van der Waals surface area contributed by atoms with Crippen LogP contribution in [0.2, 0.25) is 0 Å². The van der Waals surface area contributed by atoms with Gasteiger partial charge in [-0.2, -0.15) is 0 Å². The van der Waals surface area contributed by atoms with Crippen molar-refractivity contribution < 1.29 is 26.4 Å². The second-order valence-corrected chi connectivity index (χ2v) is 10.6. The average Bonchev–Trinajstić information content (AvgIpc) is 2.79. The molecule has 0 radical (unpaired) electrons. The van der Waals surface area contributed by atoms with Crippen molar-refractivity contribution >= 4 is 0 Å². The molecule has 0 heterocycles. The van der Waals surface area contributed by atoms with Crippen LogP contribution in [-0.4, -0.2) is 31.7 Å². The maximum absolute atomic E-state index is 7.11. The van der Waals surface area contributed by atoms with Crippen molar-refractivity contribution in [1.29, 1.82) is 0 Å². The summed E-state index contributed by atoms with van der Waals surface area (Å²) < 4.78 is 13.9. The third-order valence-corrected chi connectivity index (χ3v) is 6.42. The fraction of sp³-hybridized carbons (Fsp3) is 0.419. The van der Waals surface area contributed by atoms with E-state index in [1.165, 1.54) is 11.1 Å². The summed E-state index contributed by atoms with van der Waals surface area (Å²) in [5, 5.41) is 0. The molecule has 0 bridgehead atoms. The van der Waals surface area contributed by atoms with Gasteiger partial charge < -0.3 is 21.9 Å². The van der Waals surface area contributed by atoms with E-state index in [2.05, 4.69) is 78.2 Å². The van der Waals surface area contributed by atoms with Crippen LogP contribution in [0.15, 0.2) is 84.9 Å². The van der Waals surface area contributed by atoms with Gasteiger partial charge in [0.15, 0.2) is 0 Å². The highest BCUT2D eigenvalue weighted by Crippen LogP contribution is 2.42. The van der Waals surface area contributed by atoms with Gasteiger partial charge >= 0.3 is 0 Å².